The van der Waals surface area contributed by atoms with Crippen LogP contribution in [0.1, 0.15) is 55.1 Å². The highest BCUT2D eigenvalue weighted by atomic mass is 16.7. The van der Waals surface area contributed by atoms with Crippen LogP contribution >= 0.6 is 0 Å². The number of ether oxygens (including phenoxy) is 2. The topological polar surface area (TPSA) is 77.4 Å². The van der Waals surface area contributed by atoms with Crippen LogP contribution in [-0.4, -0.2) is 53.8 Å². The molecule has 1 saturated carbocycles. The van der Waals surface area contributed by atoms with E-state index < -0.39 is 0 Å². The second-order valence-corrected chi connectivity index (χ2v) is 7.06. The van der Waals surface area contributed by atoms with Crippen LogP contribution < -0.4 is 10.6 Å². The van der Waals surface area contributed by atoms with Gasteiger partial charge in [0.2, 0.25) is 0 Å². The van der Waals surface area contributed by atoms with Gasteiger partial charge in [-0.25, -0.2) is 0 Å². The minimum Gasteiger partial charge on any atom is -0.348 e. The quantitative estimate of drug-likeness (QED) is 0.866. The number of nitrogens with zero attached hydrogens (tertiary/aromatic N) is 2. The van der Waals surface area contributed by atoms with Gasteiger partial charge in [-0.1, -0.05) is 0 Å². The molecule has 7 heteroatoms. The van der Waals surface area contributed by atoms with Crippen molar-refractivity contribution in [2.45, 2.75) is 56.5 Å². The molecule has 4 rings (SSSR count). The summed E-state index contributed by atoms with van der Waals surface area (Å²) in [6, 6.07) is 2.13. The van der Waals surface area contributed by atoms with E-state index in [1.54, 1.807) is 6.07 Å². The van der Waals surface area contributed by atoms with Crippen molar-refractivity contribution < 1.29 is 14.3 Å². The maximum atomic E-state index is 12.3. The Morgan fingerprint density at radius 1 is 1.42 bits per heavy atom. The molecule has 3 fully saturated rings. The molecule has 1 spiro atoms. The molecule has 2 unspecified atom stereocenters. The van der Waals surface area contributed by atoms with Gasteiger partial charge >= 0.3 is 0 Å². The Bertz CT molecular complexity index is 576. The van der Waals surface area contributed by atoms with E-state index >= 15 is 0 Å². The maximum Gasteiger partial charge on any atom is 0.271 e. The van der Waals surface area contributed by atoms with Gasteiger partial charge < -0.3 is 20.1 Å². The first-order chi connectivity index (χ1) is 11.7. The van der Waals surface area contributed by atoms with Gasteiger partial charge in [0.05, 0.1) is 12.6 Å². The Morgan fingerprint density at radius 3 is 3.08 bits per heavy atom. The van der Waals surface area contributed by atoms with Gasteiger partial charge in [-0.3, -0.25) is 9.48 Å². The summed E-state index contributed by atoms with van der Waals surface area (Å²) in [4.78, 5) is 12.3. The van der Waals surface area contributed by atoms with E-state index in [0.717, 1.165) is 51.6 Å². The highest BCUT2D eigenvalue weighted by molar-refractivity contribution is 5.92. The zero-order valence-corrected chi connectivity index (χ0v) is 14.0. The van der Waals surface area contributed by atoms with Gasteiger partial charge in [0.1, 0.15) is 11.8 Å². The number of amides is 1. The van der Waals surface area contributed by atoms with Gasteiger partial charge in [0.25, 0.3) is 5.91 Å². The van der Waals surface area contributed by atoms with E-state index in [1.165, 1.54) is 0 Å². The minimum absolute atomic E-state index is 0.0586. The van der Waals surface area contributed by atoms with Gasteiger partial charge in [0.15, 0.2) is 5.79 Å². The van der Waals surface area contributed by atoms with Crippen molar-refractivity contribution in [2.75, 3.05) is 26.2 Å². The molecular formula is C17H26N4O3. The molecular weight excluding hydrogens is 308 g/mol. The molecule has 2 atom stereocenters. The summed E-state index contributed by atoms with van der Waals surface area (Å²) in [7, 11) is 0. The monoisotopic (exact) mass is 334 g/mol. The summed E-state index contributed by atoms with van der Waals surface area (Å²) in [6.07, 6.45) is 8.34. The first-order valence-corrected chi connectivity index (χ1v) is 9.10. The third-order valence-electron chi connectivity index (χ3n) is 5.26. The average molecular weight is 334 g/mol. The summed E-state index contributed by atoms with van der Waals surface area (Å²) < 4.78 is 13.8. The van der Waals surface area contributed by atoms with E-state index in [2.05, 4.69) is 15.7 Å². The third-order valence-corrected chi connectivity index (χ3v) is 5.26. The van der Waals surface area contributed by atoms with E-state index in [-0.39, 0.29) is 17.8 Å². The SMILES string of the molecule is O=C(NCC1COC2(CCCC2)O1)c1ccn(C2CCCNC2)n1. The van der Waals surface area contributed by atoms with Gasteiger partial charge in [-0.15, -0.1) is 0 Å². The first kappa shape index (κ1) is 16.1. The molecule has 2 N–H and O–H groups in total. The Labute approximate surface area is 142 Å². The standard InChI is InChI=1S/C17H26N4O3/c22-16(15-5-9-21(20-15)13-4-3-8-18-10-13)19-11-14-12-23-17(24-14)6-1-2-7-17/h5,9,13-14,18H,1-4,6-8,10-12H2,(H,19,22). The Balaban J connectivity index is 1.28. The molecule has 0 radical (unpaired) electrons. The molecule has 1 aliphatic carbocycles. The third kappa shape index (κ3) is 3.34. The molecule has 1 amide bonds. The predicted octanol–water partition coefficient (Wildman–Crippen LogP) is 1.22. The minimum atomic E-state index is -0.370. The van der Waals surface area contributed by atoms with Crippen molar-refractivity contribution in [2.24, 2.45) is 0 Å². The van der Waals surface area contributed by atoms with Crippen molar-refractivity contribution in [3.8, 4) is 0 Å². The lowest BCUT2D eigenvalue weighted by molar-refractivity contribution is -0.161. The van der Waals surface area contributed by atoms with Crippen LogP contribution in [0.5, 0.6) is 0 Å². The van der Waals surface area contributed by atoms with Crippen LogP contribution in [0.3, 0.4) is 0 Å². The molecule has 2 saturated heterocycles. The first-order valence-electron chi connectivity index (χ1n) is 9.10. The van der Waals surface area contributed by atoms with Crippen LogP contribution in [0.2, 0.25) is 0 Å². The number of hydrogen-bond donors (Lipinski definition) is 2. The highest BCUT2D eigenvalue weighted by Gasteiger charge is 2.43. The number of hydrogen-bond acceptors (Lipinski definition) is 5. The molecule has 1 aromatic heterocycles. The molecule has 2 aliphatic heterocycles. The van der Waals surface area contributed by atoms with E-state index in [4.69, 9.17) is 9.47 Å². The van der Waals surface area contributed by atoms with Crippen molar-refractivity contribution in [3.63, 3.8) is 0 Å². The Morgan fingerprint density at radius 2 is 2.29 bits per heavy atom. The lowest BCUT2D eigenvalue weighted by Gasteiger charge is -2.23. The normalized spacial score (nSPS) is 29.2. The van der Waals surface area contributed by atoms with Crippen molar-refractivity contribution in [3.05, 3.63) is 18.0 Å². The molecule has 132 valence electrons. The van der Waals surface area contributed by atoms with Crippen LogP contribution in [0.15, 0.2) is 12.3 Å². The summed E-state index contributed by atoms with van der Waals surface area (Å²) in [5.74, 6) is -0.515. The van der Waals surface area contributed by atoms with Gasteiger partial charge in [0, 0.05) is 32.1 Å². The van der Waals surface area contributed by atoms with Crippen LogP contribution in [0.4, 0.5) is 0 Å². The molecule has 7 nitrogen and oxygen atoms in total. The van der Waals surface area contributed by atoms with E-state index in [0.29, 0.717) is 24.9 Å². The zero-order valence-electron chi connectivity index (χ0n) is 14.0. The fraction of sp³-hybridized carbons (Fsp3) is 0.765. The van der Waals surface area contributed by atoms with E-state index in [9.17, 15) is 4.79 Å². The largest absolute Gasteiger partial charge is 0.348 e. The van der Waals surface area contributed by atoms with E-state index in [1.807, 2.05) is 10.9 Å². The van der Waals surface area contributed by atoms with Crippen LogP contribution in [0.25, 0.3) is 0 Å². The maximum absolute atomic E-state index is 12.3. The molecule has 24 heavy (non-hydrogen) atoms. The Kier molecular flexibility index (Phi) is 4.56. The number of aromatic nitrogens is 2. The smallest absolute Gasteiger partial charge is 0.271 e. The van der Waals surface area contributed by atoms with Gasteiger partial charge in [-0.05, 0) is 38.3 Å². The lowest BCUT2D eigenvalue weighted by atomic mass is 10.1. The number of carbonyl (C=O) groups is 1. The predicted molar refractivity (Wildman–Crippen MR) is 87.7 cm³/mol. The average Bonchev–Trinajstić information content (AvgIpc) is 3.36. The number of piperidine rings is 1. The van der Waals surface area contributed by atoms with Crippen LogP contribution in [-0.2, 0) is 9.47 Å². The van der Waals surface area contributed by atoms with Crippen molar-refractivity contribution in [1.82, 2.24) is 20.4 Å². The molecule has 3 aliphatic rings. The van der Waals surface area contributed by atoms with Crippen molar-refractivity contribution >= 4 is 5.91 Å². The summed E-state index contributed by atoms with van der Waals surface area (Å²) >= 11 is 0. The molecule has 0 bridgehead atoms. The Hall–Kier alpha value is -1.44. The number of rotatable bonds is 4. The lowest BCUT2D eigenvalue weighted by Crippen LogP contribution is -2.35. The fourth-order valence-electron chi connectivity index (χ4n) is 3.91. The molecule has 3 heterocycles. The second kappa shape index (κ2) is 6.82. The van der Waals surface area contributed by atoms with Gasteiger partial charge in [-0.2, -0.15) is 5.10 Å². The zero-order chi connectivity index (χ0) is 16.4. The molecule has 0 aromatic carbocycles. The van der Waals surface area contributed by atoms with Crippen LogP contribution in [0, 0.1) is 0 Å². The second-order valence-electron chi connectivity index (χ2n) is 7.06. The van der Waals surface area contributed by atoms with Crippen molar-refractivity contribution in [1.29, 1.82) is 0 Å². The summed E-state index contributed by atoms with van der Waals surface area (Å²) in [5.41, 5.74) is 0.468. The summed E-state index contributed by atoms with van der Waals surface area (Å²) in [5, 5.41) is 10.7. The number of nitrogens with one attached hydrogen (secondary N) is 2. The number of carbonyl (C=O) groups excluding carboxylic acids is 1. The highest BCUT2D eigenvalue weighted by Crippen LogP contribution is 2.38. The fourth-order valence-corrected chi connectivity index (χ4v) is 3.91. The molecule has 1 aromatic rings. The summed E-state index contributed by atoms with van der Waals surface area (Å²) in [6.45, 7) is 3.01.